The Balaban J connectivity index is 2.54. The van der Waals surface area contributed by atoms with Crippen molar-refractivity contribution in [3.63, 3.8) is 0 Å². The number of rotatable bonds is 5. The minimum Gasteiger partial charge on any atom is -0.341 e. The molecule has 3 nitrogen and oxygen atoms in total. The number of carbonyl (C=O) groups excluding carboxylic acids is 2. The lowest BCUT2D eigenvalue weighted by Crippen LogP contribution is -2.26. The molecule has 0 atom stereocenters. The highest BCUT2D eigenvalue weighted by Gasteiger charge is 2.11. The van der Waals surface area contributed by atoms with E-state index in [0.29, 0.717) is 13.0 Å². The Kier molecular flexibility index (Phi) is 5.35. The molecular weight excluding hydrogens is 282 g/mol. The summed E-state index contributed by atoms with van der Waals surface area (Å²) in [5.41, 5.74) is 1.06. The maximum atomic E-state index is 11.7. The minimum absolute atomic E-state index is 0.00375. The van der Waals surface area contributed by atoms with Gasteiger partial charge in [-0.15, -0.1) is 0 Å². The molecule has 0 aliphatic heterocycles. The molecule has 0 spiro atoms. The molecule has 1 aromatic carbocycles. The van der Waals surface area contributed by atoms with Gasteiger partial charge >= 0.3 is 0 Å². The first kappa shape index (κ1) is 13.9. The van der Waals surface area contributed by atoms with Crippen LogP contribution >= 0.6 is 15.9 Å². The Bertz CT molecular complexity index is 418. The normalized spacial score (nSPS) is 10.1. The second-order valence-electron chi connectivity index (χ2n) is 4.04. The van der Waals surface area contributed by atoms with Crippen LogP contribution in [0.25, 0.3) is 0 Å². The highest BCUT2D eigenvalue weighted by Crippen LogP contribution is 2.17. The maximum absolute atomic E-state index is 11.7. The molecule has 1 amide bonds. The van der Waals surface area contributed by atoms with Crippen molar-refractivity contribution >= 4 is 27.6 Å². The van der Waals surface area contributed by atoms with Crippen molar-refractivity contribution in [3.05, 3.63) is 34.3 Å². The first-order chi connectivity index (χ1) is 8.00. The van der Waals surface area contributed by atoms with Gasteiger partial charge in [0.2, 0.25) is 5.91 Å². The smallest absolute Gasteiger partial charge is 0.223 e. The van der Waals surface area contributed by atoms with Gasteiger partial charge < -0.3 is 9.69 Å². The topological polar surface area (TPSA) is 37.4 Å². The van der Waals surface area contributed by atoms with E-state index >= 15 is 0 Å². The quantitative estimate of drug-likeness (QED) is 0.838. The Labute approximate surface area is 110 Å². The summed E-state index contributed by atoms with van der Waals surface area (Å²) in [6.07, 6.45) is 0.607. The largest absolute Gasteiger partial charge is 0.341 e. The molecule has 0 heterocycles. The number of Topliss-reactive ketones (excluding diaryl/α,β-unsaturated/α-hetero) is 1. The van der Waals surface area contributed by atoms with Crippen LogP contribution in [0.15, 0.2) is 28.7 Å². The molecular formula is C13H16BrNO2. The lowest BCUT2D eigenvalue weighted by Gasteiger charge is -2.17. The fraction of sp³-hybridized carbons (Fsp3) is 0.385. The number of ketones is 1. The molecule has 1 rings (SSSR count). The molecule has 0 saturated heterocycles. The number of amides is 1. The van der Waals surface area contributed by atoms with Crippen LogP contribution in [0.3, 0.4) is 0 Å². The Morgan fingerprint density at radius 1 is 1.24 bits per heavy atom. The fourth-order valence-corrected chi connectivity index (χ4v) is 1.85. The van der Waals surface area contributed by atoms with E-state index in [-0.39, 0.29) is 18.1 Å². The molecule has 0 fully saturated rings. The van der Waals surface area contributed by atoms with Gasteiger partial charge in [0, 0.05) is 30.9 Å². The van der Waals surface area contributed by atoms with Gasteiger partial charge in [0.05, 0.1) is 0 Å². The summed E-state index contributed by atoms with van der Waals surface area (Å²) in [5, 5.41) is 0. The lowest BCUT2D eigenvalue weighted by molar-refractivity contribution is -0.132. The average Bonchev–Trinajstić information content (AvgIpc) is 2.28. The summed E-state index contributed by atoms with van der Waals surface area (Å²) >= 11 is 3.44. The molecule has 0 bridgehead atoms. The average molecular weight is 298 g/mol. The second-order valence-corrected chi connectivity index (χ2v) is 4.90. The highest BCUT2D eigenvalue weighted by molar-refractivity contribution is 9.10. The van der Waals surface area contributed by atoms with E-state index < -0.39 is 0 Å². The number of hydrogen-bond donors (Lipinski definition) is 0. The summed E-state index contributed by atoms with van der Waals surface area (Å²) in [6, 6.07) is 7.79. The van der Waals surface area contributed by atoms with E-state index in [2.05, 4.69) is 15.9 Å². The van der Waals surface area contributed by atoms with Gasteiger partial charge in [0.1, 0.15) is 5.78 Å². The predicted molar refractivity (Wildman–Crippen MR) is 70.5 cm³/mol. The maximum Gasteiger partial charge on any atom is 0.223 e. The molecule has 0 aromatic heterocycles. The molecule has 0 aliphatic rings. The zero-order chi connectivity index (χ0) is 12.8. The van der Waals surface area contributed by atoms with Crippen LogP contribution in [-0.4, -0.2) is 23.6 Å². The zero-order valence-corrected chi connectivity index (χ0v) is 11.7. The van der Waals surface area contributed by atoms with E-state index in [0.717, 1.165) is 10.0 Å². The third-order valence-electron chi connectivity index (χ3n) is 2.48. The van der Waals surface area contributed by atoms with Crippen LogP contribution in [0.4, 0.5) is 0 Å². The van der Waals surface area contributed by atoms with Crippen LogP contribution in [0, 0.1) is 0 Å². The molecule has 0 radical (unpaired) electrons. The number of hydrogen-bond acceptors (Lipinski definition) is 2. The van der Waals surface area contributed by atoms with Crippen molar-refractivity contribution in [1.29, 1.82) is 0 Å². The number of carbonyl (C=O) groups is 2. The molecule has 0 saturated carbocycles. The second kappa shape index (κ2) is 6.55. The molecule has 0 unspecified atom stereocenters. The standard InChI is InChI=1S/C13H16BrNO2/c1-10(16)7-8-13(17)15(2)9-11-5-3-4-6-12(11)14/h3-6H,7-9H2,1-2H3. The monoisotopic (exact) mass is 297 g/mol. The molecule has 0 aliphatic carbocycles. The number of nitrogens with zero attached hydrogens (tertiary/aromatic N) is 1. The van der Waals surface area contributed by atoms with Gasteiger partial charge in [0.25, 0.3) is 0 Å². The van der Waals surface area contributed by atoms with Gasteiger partial charge in [0.15, 0.2) is 0 Å². The van der Waals surface area contributed by atoms with Crippen LogP contribution in [0.2, 0.25) is 0 Å². The molecule has 1 aromatic rings. The first-order valence-corrected chi connectivity index (χ1v) is 6.27. The SMILES string of the molecule is CC(=O)CCC(=O)N(C)Cc1ccccc1Br. The van der Waals surface area contributed by atoms with Crippen molar-refractivity contribution in [2.45, 2.75) is 26.3 Å². The van der Waals surface area contributed by atoms with Gasteiger partial charge in [-0.1, -0.05) is 34.1 Å². The summed E-state index contributed by atoms with van der Waals surface area (Å²) in [6.45, 7) is 2.05. The van der Waals surface area contributed by atoms with E-state index in [4.69, 9.17) is 0 Å². The van der Waals surface area contributed by atoms with E-state index in [1.165, 1.54) is 6.92 Å². The summed E-state index contributed by atoms with van der Waals surface area (Å²) < 4.78 is 0.992. The number of benzene rings is 1. The lowest BCUT2D eigenvalue weighted by atomic mass is 10.2. The summed E-state index contributed by atoms with van der Waals surface area (Å²) in [7, 11) is 1.75. The fourth-order valence-electron chi connectivity index (χ4n) is 1.44. The van der Waals surface area contributed by atoms with Crippen molar-refractivity contribution in [3.8, 4) is 0 Å². The van der Waals surface area contributed by atoms with Crippen LogP contribution in [0.1, 0.15) is 25.3 Å². The minimum atomic E-state index is -0.00375. The highest BCUT2D eigenvalue weighted by atomic mass is 79.9. The van der Waals surface area contributed by atoms with Crippen molar-refractivity contribution in [1.82, 2.24) is 4.90 Å². The van der Waals surface area contributed by atoms with E-state index in [9.17, 15) is 9.59 Å². The Morgan fingerprint density at radius 2 is 1.88 bits per heavy atom. The van der Waals surface area contributed by atoms with Crippen LogP contribution in [0.5, 0.6) is 0 Å². The Morgan fingerprint density at radius 3 is 2.47 bits per heavy atom. The summed E-state index contributed by atoms with van der Waals surface area (Å²) in [4.78, 5) is 24.2. The third kappa shape index (κ3) is 4.69. The van der Waals surface area contributed by atoms with E-state index in [1.54, 1.807) is 11.9 Å². The third-order valence-corrected chi connectivity index (χ3v) is 3.26. The van der Waals surface area contributed by atoms with E-state index in [1.807, 2.05) is 24.3 Å². The van der Waals surface area contributed by atoms with Crippen LogP contribution in [-0.2, 0) is 16.1 Å². The predicted octanol–water partition coefficient (Wildman–Crippen LogP) is 2.78. The zero-order valence-electron chi connectivity index (χ0n) is 10.1. The number of halogens is 1. The Hall–Kier alpha value is -1.16. The van der Waals surface area contributed by atoms with Crippen molar-refractivity contribution in [2.24, 2.45) is 0 Å². The van der Waals surface area contributed by atoms with Gasteiger partial charge in [-0.3, -0.25) is 4.79 Å². The molecule has 17 heavy (non-hydrogen) atoms. The van der Waals surface area contributed by atoms with Gasteiger partial charge in [-0.2, -0.15) is 0 Å². The first-order valence-electron chi connectivity index (χ1n) is 5.47. The molecule has 0 N–H and O–H groups in total. The van der Waals surface area contributed by atoms with Crippen LogP contribution < -0.4 is 0 Å². The van der Waals surface area contributed by atoms with Crippen molar-refractivity contribution < 1.29 is 9.59 Å². The van der Waals surface area contributed by atoms with Crippen molar-refractivity contribution in [2.75, 3.05) is 7.05 Å². The van der Waals surface area contributed by atoms with Gasteiger partial charge in [-0.25, -0.2) is 0 Å². The molecule has 92 valence electrons. The molecule has 4 heteroatoms. The van der Waals surface area contributed by atoms with Gasteiger partial charge in [-0.05, 0) is 18.6 Å². The summed E-state index contributed by atoms with van der Waals surface area (Å²) in [5.74, 6) is 0.0450.